The molecular weight excluding hydrogens is 318 g/mol. The predicted octanol–water partition coefficient (Wildman–Crippen LogP) is 2.07. The molecule has 1 spiro atoms. The Balaban J connectivity index is 1.37. The second kappa shape index (κ2) is 6.98. The number of ether oxygens (including phenoxy) is 1. The number of piperidine rings is 1. The van der Waals surface area contributed by atoms with E-state index in [1.54, 1.807) is 12.5 Å². The van der Waals surface area contributed by atoms with Crippen LogP contribution in [0.4, 0.5) is 0 Å². The van der Waals surface area contributed by atoms with Crippen LogP contribution < -0.4 is 0 Å². The quantitative estimate of drug-likeness (QED) is 0.852. The summed E-state index contributed by atoms with van der Waals surface area (Å²) in [6.45, 7) is 4.19. The molecule has 0 saturated carbocycles. The van der Waals surface area contributed by atoms with Gasteiger partial charge in [-0.1, -0.05) is 6.07 Å². The lowest BCUT2D eigenvalue weighted by molar-refractivity contribution is -0.172. The van der Waals surface area contributed by atoms with E-state index in [1.165, 1.54) is 0 Å². The molecule has 6 nitrogen and oxygen atoms in total. The van der Waals surface area contributed by atoms with E-state index in [4.69, 9.17) is 9.15 Å². The van der Waals surface area contributed by atoms with Gasteiger partial charge in [0.05, 0.1) is 25.0 Å². The van der Waals surface area contributed by atoms with E-state index < -0.39 is 0 Å². The van der Waals surface area contributed by atoms with Gasteiger partial charge in [-0.25, -0.2) is 0 Å². The van der Waals surface area contributed by atoms with Crippen molar-refractivity contribution in [1.29, 1.82) is 0 Å². The van der Waals surface area contributed by atoms with E-state index in [0.29, 0.717) is 13.1 Å². The first-order valence-corrected chi connectivity index (χ1v) is 8.78. The number of hydrogen-bond acceptors (Lipinski definition) is 5. The van der Waals surface area contributed by atoms with E-state index in [9.17, 15) is 4.79 Å². The zero-order valence-electron chi connectivity index (χ0n) is 14.3. The van der Waals surface area contributed by atoms with Gasteiger partial charge in [-0.05, 0) is 36.6 Å². The third-order valence-electron chi connectivity index (χ3n) is 5.16. The fraction of sp³-hybridized carbons (Fsp3) is 0.474. The SMILES string of the molecule is O=C1COC2(CCN(Cc3ccco3)CC2)CN1Cc1cccnc1. The van der Waals surface area contributed by atoms with Crippen LogP contribution in [0.2, 0.25) is 0 Å². The van der Waals surface area contributed by atoms with Crippen molar-refractivity contribution in [3.63, 3.8) is 0 Å². The summed E-state index contributed by atoms with van der Waals surface area (Å²) < 4.78 is 11.5. The first-order chi connectivity index (χ1) is 12.2. The van der Waals surface area contributed by atoms with Crippen LogP contribution in [0.5, 0.6) is 0 Å². The molecular formula is C19H23N3O3. The van der Waals surface area contributed by atoms with Crippen molar-refractivity contribution in [1.82, 2.24) is 14.8 Å². The molecule has 4 rings (SSSR count). The smallest absolute Gasteiger partial charge is 0.248 e. The van der Waals surface area contributed by atoms with Gasteiger partial charge in [0.25, 0.3) is 0 Å². The zero-order valence-corrected chi connectivity index (χ0v) is 14.3. The molecule has 1 amide bonds. The largest absolute Gasteiger partial charge is 0.468 e. The number of aromatic nitrogens is 1. The molecule has 0 aromatic carbocycles. The number of nitrogens with zero attached hydrogens (tertiary/aromatic N) is 3. The molecule has 2 fully saturated rings. The van der Waals surface area contributed by atoms with Crippen molar-refractivity contribution in [2.24, 2.45) is 0 Å². The highest BCUT2D eigenvalue weighted by atomic mass is 16.5. The number of amides is 1. The first-order valence-electron chi connectivity index (χ1n) is 8.78. The number of furan rings is 1. The van der Waals surface area contributed by atoms with Crippen molar-refractivity contribution in [3.8, 4) is 0 Å². The van der Waals surface area contributed by atoms with Crippen LogP contribution in [0.15, 0.2) is 47.3 Å². The maximum absolute atomic E-state index is 12.3. The number of carbonyl (C=O) groups is 1. The van der Waals surface area contributed by atoms with Crippen LogP contribution in [0.3, 0.4) is 0 Å². The highest BCUT2D eigenvalue weighted by Gasteiger charge is 2.42. The highest BCUT2D eigenvalue weighted by molar-refractivity contribution is 5.78. The van der Waals surface area contributed by atoms with E-state index in [-0.39, 0.29) is 18.1 Å². The van der Waals surface area contributed by atoms with Crippen LogP contribution in [0.1, 0.15) is 24.2 Å². The van der Waals surface area contributed by atoms with Gasteiger partial charge in [-0.3, -0.25) is 14.7 Å². The molecule has 0 aliphatic carbocycles. The topological polar surface area (TPSA) is 58.8 Å². The third-order valence-corrected chi connectivity index (χ3v) is 5.16. The summed E-state index contributed by atoms with van der Waals surface area (Å²) in [5.74, 6) is 1.06. The lowest BCUT2D eigenvalue weighted by atomic mass is 9.89. The average Bonchev–Trinajstić information content (AvgIpc) is 3.15. The van der Waals surface area contributed by atoms with Crippen molar-refractivity contribution in [2.45, 2.75) is 31.5 Å². The monoisotopic (exact) mass is 341 g/mol. The van der Waals surface area contributed by atoms with Gasteiger partial charge < -0.3 is 14.1 Å². The predicted molar refractivity (Wildman–Crippen MR) is 91.6 cm³/mol. The summed E-state index contributed by atoms with van der Waals surface area (Å²) >= 11 is 0. The number of likely N-dealkylation sites (tertiary alicyclic amines) is 1. The standard InChI is InChI=1S/C19H23N3O3/c23-18-14-25-19(15-22(18)12-16-3-1-7-20-11-16)5-8-21(9-6-19)13-17-4-2-10-24-17/h1-4,7,10-11H,5-6,8-9,12-15H2. The number of hydrogen-bond donors (Lipinski definition) is 0. The van der Waals surface area contributed by atoms with Crippen LogP contribution in [0.25, 0.3) is 0 Å². The van der Waals surface area contributed by atoms with Crippen molar-refractivity contribution < 1.29 is 13.9 Å². The highest BCUT2D eigenvalue weighted by Crippen LogP contribution is 2.31. The fourth-order valence-corrected chi connectivity index (χ4v) is 3.69. The Bertz CT molecular complexity index is 694. The first kappa shape index (κ1) is 16.3. The summed E-state index contributed by atoms with van der Waals surface area (Å²) in [7, 11) is 0. The Morgan fingerprint density at radius 1 is 1.16 bits per heavy atom. The summed E-state index contributed by atoms with van der Waals surface area (Å²) in [6, 6.07) is 7.85. The van der Waals surface area contributed by atoms with Gasteiger partial charge in [0, 0.05) is 32.0 Å². The molecule has 2 aliphatic heterocycles. The molecule has 0 N–H and O–H groups in total. The molecule has 6 heteroatoms. The molecule has 0 bridgehead atoms. The van der Waals surface area contributed by atoms with Gasteiger partial charge in [0.1, 0.15) is 12.4 Å². The Morgan fingerprint density at radius 3 is 2.76 bits per heavy atom. The summed E-state index contributed by atoms with van der Waals surface area (Å²) in [6.07, 6.45) is 7.16. The Morgan fingerprint density at radius 2 is 2.04 bits per heavy atom. The second-order valence-electron chi connectivity index (χ2n) is 6.94. The molecule has 25 heavy (non-hydrogen) atoms. The molecule has 0 atom stereocenters. The second-order valence-corrected chi connectivity index (χ2v) is 6.94. The summed E-state index contributed by atoms with van der Waals surface area (Å²) in [5, 5.41) is 0. The molecule has 2 aromatic rings. The van der Waals surface area contributed by atoms with E-state index in [1.807, 2.05) is 35.4 Å². The Hall–Kier alpha value is -2.18. The third kappa shape index (κ3) is 3.75. The van der Waals surface area contributed by atoms with Crippen molar-refractivity contribution >= 4 is 5.91 Å². The fourth-order valence-electron chi connectivity index (χ4n) is 3.69. The maximum Gasteiger partial charge on any atom is 0.248 e. The Labute approximate surface area is 147 Å². The van der Waals surface area contributed by atoms with Crippen LogP contribution in [0, 0.1) is 0 Å². The molecule has 2 aromatic heterocycles. The minimum atomic E-state index is -0.213. The lowest BCUT2D eigenvalue weighted by Crippen LogP contribution is -2.58. The van der Waals surface area contributed by atoms with Gasteiger partial charge in [0.15, 0.2) is 0 Å². The number of morpholine rings is 1. The molecule has 0 unspecified atom stereocenters. The molecule has 132 valence electrons. The lowest BCUT2D eigenvalue weighted by Gasteiger charge is -2.47. The minimum Gasteiger partial charge on any atom is -0.468 e. The Kier molecular flexibility index (Phi) is 4.55. The normalized spacial score (nSPS) is 21.0. The number of carbonyl (C=O) groups excluding carboxylic acids is 1. The summed E-state index contributed by atoms with van der Waals surface area (Å²) in [5.41, 5.74) is 0.846. The summed E-state index contributed by atoms with van der Waals surface area (Å²) in [4.78, 5) is 20.7. The van der Waals surface area contributed by atoms with E-state index in [2.05, 4.69) is 9.88 Å². The van der Waals surface area contributed by atoms with Crippen LogP contribution in [-0.4, -0.2) is 52.5 Å². The maximum atomic E-state index is 12.3. The zero-order chi connectivity index (χ0) is 17.1. The molecule has 0 radical (unpaired) electrons. The van der Waals surface area contributed by atoms with Gasteiger partial charge in [0.2, 0.25) is 5.91 Å². The van der Waals surface area contributed by atoms with E-state index in [0.717, 1.165) is 43.8 Å². The van der Waals surface area contributed by atoms with Gasteiger partial charge in [-0.2, -0.15) is 0 Å². The van der Waals surface area contributed by atoms with Gasteiger partial charge in [-0.15, -0.1) is 0 Å². The number of pyridine rings is 1. The minimum absolute atomic E-state index is 0.0625. The van der Waals surface area contributed by atoms with Crippen LogP contribution >= 0.6 is 0 Å². The van der Waals surface area contributed by atoms with Crippen LogP contribution in [-0.2, 0) is 22.6 Å². The molecule has 2 saturated heterocycles. The van der Waals surface area contributed by atoms with E-state index >= 15 is 0 Å². The molecule has 4 heterocycles. The average molecular weight is 341 g/mol. The van der Waals surface area contributed by atoms with Crippen molar-refractivity contribution in [3.05, 3.63) is 54.2 Å². The van der Waals surface area contributed by atoms with Gasteiger partial charge >= 0.3 is 0 Å². The number of rotatable bonds is 4. The van der Waals surface area contributed by atoms with Crippen molar-refractivity contribution in [2.75, 3.05) is 26.2 Å². The molecule has 2 aliphatic rings.